The summed E-state index contributed by atoms with van der Waals surface area (Å²) in [7, 11) is 1.64. The minimum absolute atomic E-state index is 0.284. The molecule has 7 heteroatoms. The maximum Gasteiger partial charge on any atom is 0.343 e. The molecule has 0 radical (unpaired) electrons. The van der Waals surface area contributed by atoms with Crippen LogP contribution in [0.5, 0.6) is 5.75 Å². The first-order chi connectivity index (χ1) is 13.7. The number of carbonyl (C=O) groups excluding carboxylic acids is 1. The van der Waals surface area contributed by atoms with E-state index in [0.717, 1.165) is 23.3 Å². The van der Waals surface area contributed by atoms with Crippen molar-refractivity contribution in [2.75, 3.05) is 25.6 Å². The largest absolute Gasteiger partial charge is 0.497 e. The summed E-state index contributed by atoms with van der Waals surface area (Å²) in [5, 5.41) is 3.24. The third kappa shape index (κ3) is 4.82. The van der Waals surface area contributed by atoms with E-state index in [9.17, 15) is 4.79 Å². The molecule has 28 heavy (non-hydrogen) atoms. The van der Waals surface area contributed by atoms with Gasteiger partial charge in [-0.05, 0) is 43.2 Å². The van der Waals surface area contributed by atoms with Crippen molar-refractivity contribution in [3.05, 3.63) is 66.1 Å². The molecular formula is C21H22N4O3. The van der Waals surface area contributed by atoms with Gasteiger partial charge in [0.15, 0.2) is 5.82 Å². The Bertz CT molecular complexity index is 932. The zero-order chi connectivity index (χ0) is 19.8. The quantitative estimate of drug-likeness (QED) is 0.601. The minimum atomic E-state index is -0.455. The number of rotatable bonds is 8. The van der Waals surface area contributed by atoms with Gasteiger partial charge in [0.1, 0.15) is 17.1 Å². The number of carbonyl (C=O) groups is 1. The van der Waals surface area contributed by atoms with Crippen LogP contribution in [0.2, 0.25) is 0 Å². The summed E-state index contributed by atoms with van der Waals surface area (Å²) in [6.07, 6.45) is 5.59. The number of hydrogen-bond donors (Lipinski definition) is 1. The van der Waals surface area contributed by atoms with E-state index in [0.29, 0.717) is 23.8 Å². The molecular weight excluding hydrogens is 356 g/mol. The number of nitrogens with one attached hydrogen (secondary N) is 1. The second-order valence-electron chi connectivity index (χ2n) is 5.95. The van der Waals surface area contributed by atoms with Crippen LogP contribution >= 0.6 is 0 Å². The van der Waals surface area contributed by atoms with Crippen LogP contribution in [0.1, 0.15) is 22.8 Å². The van der Waals surface area contributed by atoms with E-state index in [1.54, 1.807) is 26.4 Å². The van der Waals surface area contributed by atoms with Gasteiger partial charge in [-0.15, -0.1) is 0 Å². The summed E-state index contributed by atoms with van der Waals surface area (Å²) in [6, 6.07) is 11.5. The first-order valence-corrected chi connectivity index (χ1v) is 9.02. The topological polar surface area (TPSA) is 86.2 Å². The monoisotopic (exact) mass is 378 g/mol. The van der Waals surface area contributed by atoms with Crippen molar-refractivity contribution in [2.45, 2.75) is 13.3 Å². The van der Waals surface area contributed by atoms with E-state index in [1.807, 2.05) is 36.4 Å². The third-order valence-corrected chi connectivity index (χ3v) is 4.04. The Balaban J connectivity index is 1.80. The molecule has 0 saturated carbocycles. The molecule has 3 rings (SSSR count). The second-order valence-corrected chi connectivity index (χ2v) is 5.95. The summed E-state index contributed by atoms with van der Waals surface area (Å²) in [6.45, 7) is 2.63. The highest BCUT2D eigenvalue weighted by Crippen LogP contribution is 2.20. The molecule has 0 aliphatic rings. The number of aromatic nitrogens is 3. The summed E-state index contributed by atoms with van der Waals surface area (Å²) in [5.74, 6) is 1.29. The number of methoxy groups -OCH3 is 1. The van der Waals surface area contributed by atoms with Crippen LogP contribution in [-0.4, -0.2) is 41.2 Å². The van der Waals surface area contributed by atoms with Gasteiger partial charge in [-0.1, -0.05) is 12.1 Å². The van der Waals surface area contributed by atoms with Crippen LogP contribution in [0.3, 0.4) is 0 Å². The molecule has 144 valence electrons. The maximum atomic E-state index is 12.3. The van der Waals surface area contributed by atoms with Gasteiger partial charge in [-0.25, -0.2) is 14.8 Å². The fourth-order valence-corrected chi connectivity index (χ4v) is 2.66. The smallest absolute Gasteiger partial charge is 0.343 e. The number of benzene rings is 1. The van der Waals surface area contributed by atoms with Gasteiger partial charge in [0, 0.05) is 30.7 Å². The molecule has 0 spiro atoms. The van der Waals surface area contributed by atoms with E-state index < -0.39 is 5.97 Å². The SMILES string of the molecule is CCOC(=O)c1cnc(-c2cccnc2)nc1NCCc1cccc(OC)c1. The number of hydrogen-bond acceptors (Lipinski definition) is 7. The highest BCUT2D eigenvalue weighted by molar-refractivity contribution is 5.94. The van der Waals surface area contributed by atoms with Crippen molar-refractivity contribution in [1.82, 2.24) is 15.0 Å². The van der Waals surface area contributed by atoms with Gasteiger partial charge >= 0.3 is 5.97 Å². The van der Waals surface area contributed by atoms with E-state index in [-0.39, 0.29) is 6.61 Å². The predicted octanol–water partition coefficient (Wildman–Crippen LogP) is 3.38. The summed E-state index contributed by atoms with van der Waals surface area (Å²) >= 11 is 0. The number of esters is 1. The van der Waals surface area contributed by atoms with Crippen LogP contribution in [0.25, 0.3) is 11.4 Å². The lowest BCUT2D eigenvalue weighted by Crippen LogP contribution is -2.14. The van der Waals surface area contributed by atoms with Crippen molar-refractivity contribution < 1.29 is 14.3 Å². The van der Waals surface area contributed by atoms with Gasteiger partial charge in [-0.3, -0.25) is 4.98 Å². The van der Waals surface area contributed by atoms with Crippen LogP contribution in [0, 0.1) is 0 Å². The molecule has 0 aliphatic heterocycles. The first kappa shape index (κ1) is 19.3. The zero-order valence-electron chi connectivity index (χ0n) is 15.9. The Hall–Kier alpha value is -3.48. The molecule has 3 aromatic rings. The molecule has 1 N–H and O–H groups in total. The Morgan fingerprint density at radius 1 is 1.18 bits per heavy atom. The lowest BCUT2D eigenvalue weighted by molar-refractivity contribution is 0.0526. The highest BCUT2D eigenvalue weighted by Gasteiger charge is 2.16. The van der Waals surface area contributed by atoms with Crippen molar-refractivity contribution in [2.24, 2.45) is 0 Å². The van der Waals surface area contributed by atoms with Crippen LogP contribution in [0.4, 0.5) is 5.82 Å². The Morgan fingerprint density at radius 2 is 2.07 bits per heavy atom. The van der Waals surface area contributed by atoms with Crippen molar-refractivity contribution in [3.63, 3.8) is 0 Å². The van der Waals surface area contributed by atoms with Crippen molar-refractivity contribution >= 4 is 11.8 Å². The molecule has 1 aromatic carbocycles. The molecule has 0 fully saturated rings. The van der Waals surface area contributed by atoms with E-state index in [4.69, 9.17) is 9.47 Å². The van der Waals surface area contributed by atoms with E-state index in [1.165, 1.54) is 6.20 Å². The molecule has 0 bridgehead atoms. The van der Waals surface area contributed by atoms with Crippen molar-refractivity contribution in [3.8, 4) is 17.1 Å². The lowest BCUT2D eigenvalue weighted by Gasteiger charge is -2.12. The van der Waals surface area contributed by atoms with Crippen LogP contribution in [-0.2, 0) is 11.2 Å². The molecule has 7 nitrogen and oxygen atoms in total. The average molecular weight is 378 g/mol. The van der Waals surface area contributed by atoms with Gasteiger partial charge in [0.2, 0.25) is 0 Å². The molecule has 0 amide bonds. The second kappa shape index (κ2) is 9.45. The summed E-state index contributed by atoms with van der Waals surface area (Å²) in [4.78, 5) is 25.2. The fourth-order valence-electron chi connectivity index (χ4n) is 2.66. The standard InChI is InChI=1S/C21H22N4O3/c1-3-28-21(26)18-14-24-19(16-7-5-10-22-13-16)25-20(18)23-11-9-15-6-4-8-17(12-15)27-2/h4-8,10,12-14H,3,9,11H2,1-2H3,(H,23,24,25). The minimum Gasteiger partial charge on any atom is -0.497 e. The average Bonchev–Trinajstić information content (AvgIpc) is 2.74. The normalized spacial score (nSPS) is 10.4. The van der Waals surface area contributed by atoms with Gasteiger partial charge in [-0.2, -0.15) is 0 Å². The predicted molar refractivity (Wildman–Crippen MR) is 106 cm³/mol. The Kier molecular flexibility index (Phi) is 6.51. The van der Waals surface area contributed by atoms with Crippen LogP contribution in [0.15, 0.2) is 55.0 Å². The summed E-state index contributed by atoms with van der Waals surface area (Å²) < 4.78 is 10.4. The van der Waals surface area contributed by atoms with Crippen LogP contribution < -0.4 is 10.1 Å². The fraction of sp³-hybridized carbons (Fsp3) is 0.238. The highest BCUT2D eigenvalue weighted by atomic mass is 16.5. The van der Waals surface area contributed by atoms with E-state index in [2.05, 4.69) is 20.3 Å². The molecule has 0 unspecified atom stereocenters. The number of ether oxygens (including phenoxy) is 2. The zero-order valence-corrected chi connectivity index (χ0v) is 15.9. The van der Waals surface area contributed by atoms with Gasteiger partial charge in [0.25, 0.3) is 0 Å². The maximum absolute atomic E-state index is 12.3. The van der Waals surface area contributed by atoms with E-state index >= 15 is 0 Å². The third-order valence-electron chi connectivity index (χ3n) is 4.04. The molecule has 0 saturated heterocycles. The number of anilines is 1. The molecule has 2 heterocycles. The Morgan fingerprint density at radius 3 is 2.82 bits per heavy atom. The van der Waals surface area contributed by atoms with Gasteiger partial charge in [0.05, 0.1) is 13.7 Å². The molecule has 2 aromatic heterocycles. The lowest BCUT2D eigenvalue weighted by atomic mass is 10.1. The van der Waals surface area contributed by atoms with Crippen molar-refractivity contribution in [1.29, 1.82) is 0 Å². The number of pyridine rings is 1. The molecule has 0 aliphatic carbocycles. The first-order valence-electron chi connectivity index (χ1n) is 9.02. The molecule has 0 atom stereocenters. The number of nitrogens with zero attached hydrogens (tertiary/aromatic N) is 3. The summed E-state index contributed by atoms with van der Waals surface area (Å²) in [5.41, 5.74) is 2.19. The Labute approximate surface area is 163 Å². The van der Waals surface area contributed by atoms with Gasteiger partial charge < -0.3 is 14.8 Å².